The van der Waals surface area contributed by atoms with Crippen LogP contribution >= 0.6 is 15.9 Å². The monoisotopic (exact) mass is 326 g/mol. The summed E-state index contributed by atoms with van der Waals surface area (Å²) in [4.78, 5) is 24.3. The van der Waals surface area contributed by atoms with Gasteiger partial charge in [0.1, 0.15) is 6.04 Å². The number of carbonyl (C=O) groups is 2. The lowest BCUT2D eigenvalue weighted by atomic mass is 10.0. The molecule has 2 rings (SSSR count). The molecule has 1 amide bonds. The van der Waals surface area contributed by atoms with E-state index >= 15 is 0 Å². The first kappa shape index (κ1) is 13.9. The number of amides is 1. The summed E-state index contributed by atoms with van der Waals surface area (Å²) in [5.41, 5.74) is 6.43. The van der Waals surface area contributed by atoms with Crippen LogP contribution in [0.15, 0.2) is 22.7 Å². The average Bonchev–Trinajstić information content (AvgIpc) is 2.38. The number of anilines is 1. The number of nitrogens with zero attached hydrogens (tertiary/aromatic N) is 1. The third kappa shape index (κ3) is 2.89. The number of carboxylic acid groups (broad SMARTS) is 1. The average molecular weight is 327 g/mol. The zero-order chi connectivity index (χ0) is 14.0. The first-order valence-corrected chi connectivity index (χ1v) is 6.89. The standard InChI is InChI=1S/C13H15BrN2O3/c14-10-7-8(4-5-9(10)12(15)17)16-6-2-1-3-11(16)13(18)19/h4-5,7,11H,1-3,6H2,(H2,15,17)(H,18,19). The Morgan fingerprint density at radius 1 is 1.37 bits per heavy atom. The highest BCUT2D eigenvalue weighted by Gasteiger charge is 2.28. The molecule has 0 bridgehead atoms. The van der Waals surface area contributed by atoms with Gasteiger partial charge in [0, 0.05) is 16.7 Å². The largest absolute Gasteiger partial charge is 0.480 e. The van der Waals surface area contributed by atoms with E-state index in [-0.39, 0.29) is 0 Å². The molecule has 1 saturated heterocycles. The molecule has 19 heavy (non-hydrogen) atoms. The topological polar surface area (TPSA) is 83.6 Å². The Morgan fingerprint density at radius 3 is 2.68 bits per heavy atom. The van der Waals surface area contributed by atoms with Gasteiger partial charge >= 0.3 is 5.97 Å². The summed E-state index contributed by atoms with van der Waals surface area (Å²) < 4.78 is 0.590. The van der Waals surface area contributed by atoms with Crippen molar-refractivity contribution in [2.75, 3.05) is 11.4 Å². The molecular weight excluding hydrogens is 312 g/mol. The fraction of sp³-hybridized carbons (Fsp3) is 0.385. The van der Waals surface area contributed by atoms with Gasteiger partial charge in [-0.1, -0.05) is 0 Å². The molecule has 1 aliphatic heterocycles. The maximum absolute atomic E-state index is 11.3. The van der Waals surface area contributed by atoms with Crippen LogP contribution in [0, 0.1) is 0 Å². The number of piperidine rings is 1. The maximum Gasteiger partial charge on any atom is 0.326 e. The molecule has 5 nitrogen and oxygen atoms in total. The Labute approximate surface area is 119 Å². The van der Waals surface area contributed by atoms with Crippen molar-refractivity contribution in [1.29, 1.82) is 0 Å². The SMILES string of the molecule is NC(=O)c1ccc(N2CCCCC2C(=O)O)cc1Br. The highest BCUT2D eigenvalue weighted by molar-refractivity contribution is 9.10. The molecule has 1 aromatic carbocycles. The van der Waals surface area contributed by atoms with Gasteiger partial charge < -0.3 is 15.7 Å². The molecule has 0 aliphatic carbocycles. The van der Waals surface area contributed by atoms with E-state index in [1.165, 1.54) is 0 Å². The molecule has 1 aromatic rings. The Bertz CT molecular complexity index is 519. The molecule has 1 unspecified atom stereocenters. The van der Waals surface area contributed by atoms with Gasteiger partial charge in [-0.25, -0.2) is 4.79 Å². The van der Waals surface area contributed by atoms with E-state index in [1.54, 1.807) is 18.2 Å². The number of aliphatic carboxylic acids is 1. The molecule has 102 valence electrons. The van der Waals surface area contributed by atoms with E-state index in [0.717, 1.165) is 18.5 Å². The Balaban J connectivity index is 2.32. The molecular formula is C13H15BrN2O3. The predicted octanol–water partition coefficient (Wildman–Crippen LogP) is 1.99. The maximum atomic E-state index is 11.3. The second kappa shape index (κ2) is 5.61. The smallest absolute Gasteiger partial charge is 0.326 e. The van der Waals surface area contributed by atoms with Crippen LogP contribution < -0.4 is 10.6 Å². The summed E-state index contributed by atoms with van der Waals surface area (Å²) in [6.07, 6.45) is 2.54. The van der Waals surface area contributed by atoms with E-state index in [1.807, 2.05) is 4.90 Å². The number of hydrogen-bond acceptors (Lipinski definition) is 3. The minimum absolute atomic E-state index is 0.396. The lowest BCUT2D eigenvalue weighted by Crippen LogP contribution is -2.44. The fourth-order valence-electron chi connectivity index (χ4n) is 2.38. The van der Waals surface area contributed by atoms with Crippen molar-refractivity contribution < 1.29 is 14.7 Å². The van der Waals surface area contributed by atoms with Crippen LogP contribution in [-0.4, -0.2) is 29.6 Å². The zero-order valence-corrected chi connectivity index (χ0v) is 11.9. The fourth-order valence-corrected chi connectivity index (χ4v) is 2.94. The summed E-state index contributed by atoms with van der Waals surface area (Å²) >= 11 is 3.30. The van der Waals surface area contributed by atoms with E-state index < -0.39 is 17.9 Å². The summed E-state index contributed by atoms with van der Waals surface area (Å²) in [6.45, 7) is 0.708. The molecule has 1 atom stereocenters. The van der Waals surface area contributed by atoms with Gasteiger partial charge in [-0.3, -0.25) is 4.79 Å². The molecule has 0 spiro atoms. The van der Waals surface area contributed by atoms with E-state index in [9.17, 15) is 14.7 Å². The highest BCUT2D eigenvalue weighted by Crippen LogP contribution is 2.29. The number of nitrogens with two attached hydrogens (primary N) is 1. The van der Waals surface area contributed by atoms with Crippen molar-refractivity contribution >= 4 is 33.5 Å². The molecule has 1 aliphatic rings. The van der Waals surface area contributed by atoms with E-state index in [2.05, 4.69) is 15.9 Å². The van der Waals surface area contributed by atoms with E-state index in [0.29, 0.717) is 23.0 Å². The molecule has 6 heteroatoms. The van der Waals surface area contributed by atoms with Gasteiger partial charge in [-0.2, -0.15) is 0 Å². The van der Waals surface area contributed by atoms with E-state index in [4.69, 9.17) is 5.73 Å². The Morgan fingerprint density at radius 2 is 2.11 bits per heavy atom. The summed E-state index contributed by atoms with van der Waals surface area (Å²) in [7, 11) is 0. The molecule has 1 heterocycles. The van der Waals surface area contributed by atoms with Gasteiger partial charge in [0.25, 0.3) is 0 Å². The number of hydrogen-bond donors (Lipinski definition) is 2. The van der Waals surface area contributed by atoms with Crippen LogP contribution in [0.4, 0.5) is 5.69 Å². The van der Waals surface area contributed by atoms with Crippen LogP contribution in [0.1, 0.15) is 29.6 Å². The number of primary amides is 1. The van der Waals surface area contributed by atoms with Gasteiger partial charge in [-0.15, -0.1) is 0 Å². The number of carboxylic acids is 1. The summed E-state index contributed by atoms with van der Waals surface area (Å²) in [5.74, 6) is -1.32. The first-order valence-electron chi connectivity index (χ1n) is 6.09. The second-order valence-corrected chi connectivity index (χ2v) is 5.43. The van der Waals surface area contributed by atoms with Crippen molar-refractivity contribution in [3.8, 4) is 0 Å². The van der Waals surface area contributed by atoms with Crippen molar-refractivity contribution in [3.05, 3.63) is 28.2 Å². The second-order valence-electron chi connectivity index (χ2n) is 4.57. The molecule has 0 saturated carbocycles. The highest BCUT2D eigenvalue weighted by atomic mass is 79.9. The molecule has 1 fully saturated rings. The van der Waals surface area contributed by atoms with Gasteiger partial charge in [0.05, 0.1) is 5.56 Å². The van der Waals surface area contributed by atoms with Gasteiger partial charge in [0.2, 0.25) is 5.91 Å². The number of carbonyl (C=O) groups excluding carboxylic acids is 1. The number of benzene rings is 1. The molecule has 0 radical (unpaired) electrons. The molecule has 3 N–H and O–H groups in total. The Kier molecular flexibility index (Phi) is 4.09. The number of rotatable bonds is 3. The minimum atomic E-state index is -0.810. The Hall–Kier alpha value is -1.56. The lowest BCUT2D eigenvalue weighted by molar-refractivity contribution is -0.139. The van der Waals surface area contributed by atoms with Crippen LogP contribution in [0.3, 0.4) is 0 Å². The van der Waals surface area contributed by atoms with Crippen molar-refractivity contribution in [2.45, 2.75) is 25.3 Å². The van der Waals surface area contributed by atoms with Crippen LogP contribution in [-0.2, 0) is 4.79 Å². The van der Waals surface area contributed by atoms with Gasteiger partial charge in [-0.05, 0) is 53.4 Å². The van der Waals surface area contributed by atoms with Crippen molar-refractivity contribution in [1.82, 2.24) is 0 Å². The third-order valence-corrected chi connectivity index (χ3v) is 3.99. The predicted molar refractivity (Wildman–Crippen MR) is 75.3 cm³/mol. The summed E-state index contributed by atoms with van der Waals surface area (Å²) in [5, 5.41) is 9.25. The lowest BCUT2D eigenvalue weighted by Gasteiger charge is -2.35. The van der Waals surface area contributed by atoms with Crippen LogP contribution in [0.2, 0.25) is 0 Å². The molecule has 0 aromatic heterocycles. The summed E-state index contributed by atoms with van der Waals surface area (Å²) in [6, 6.07) is 4.61. The van der Waals surface area contributed by atoms with Crippen molar-refractivity contribution in [3.63, 3.8) is 0 Å². The van der Waals surface area contributed by atoms with Gasteiger partial charge in [0.15, 0.2) is 0 Å². The zero-order valence-electron chi connectivity index (χ0n) is 10.3. The van der Waals surface area contributed by atoms with Crippen LogP contribution in [0.25, 0.3) is 0 Å². The van der Waals surface area contributed by atoms with Crippen molar-refractivity contribution in [2.24, 2.45) is 5.73 Å². The third-order valence-electron chi connectivity index (χ3n) is 3.34. The normalized spacial score (nSPS) is 19.2. The minimum Gasteiger partial charge on any atom is -0.480 e. The first-order chi connectivity index (χ1) is 9.00. The number of halogens is 1. The van der Waals surface area contributed by atoms with Crippen LogP contribution in [0.5, 0.6) is 0 Å². The quantitative estimate of drug-likeness (QED) is 0.889.